The van der Waals surface area contributed by atoms with Crippen LogP contribution in [0.1, 0.15) is 24.1 Å². The van der Waals surface area contributed by atoms with Gasteiger partial charge in [0.1, 0.15) is 11.6 Å². The Morgan fingerprint density at radius 1 is 1.24 bits per heavy atom. The number of hydrogen-bond donors (Lipinski definition) is 1. The van der Waals surface area contributed by atoms with Gasteiger partial charge in [-0.3, -0.25) is 0 Å². The molecule has 21 heavy (non-hydrogen) atoms. The maximum atomic E-state index is 14.2. The van der Waals surface area contributed by atoms with Crippen LogP contribution in [0.15, 0.2) is 40.9 Å². The first-order chi connectivity index (χ1) is 10.1. The molecular formula is C16H16BrClFNO. The van der Waals surface area contributed by atoms with Crippen LogP contribution in [0.25, 0.3) is 0 Å². The van der Waals surface area contributed by atoms with E-state index in [-0.39, 0.29) is 11.9 Å². The van der Waals surface area contributed by atoms with Crippen molar-refractivity contribution in [1.82, 2.24) is 5.32 Å². The molecule has 2 rings (SSSR count). The Morgan fingerprint density at radius 2 is 2.00 bits per heavy atom. The summed E-state index contributed by atoms with van der Waals surface area (Å²) < 4.78 is 20.7. The summed E-state index contributed by atoms with van der Waals surface area (Å²) in [6.45, 7) is 2.46. The minimum Gasteiger partial charge on any atom is -0.494 e. The van der Waals surface area contributed by atoms with E-state index in [4.69, 9.17) is 16.3 Å². The van der Waals surface area contributed by atoms with Gasteiger partial charge in [-0.1, -0.05) is 27.5 Å². The van der Waals surface area contributed by atoms with Crippen molar-refractivity contribution >= 4 is 27.5 Å². The largest absolute Gasteiger partial charge is 0.494 e. The Kier molecular flexibility index (Phi) is 5.62. The van der Waals surface area contributed by atoms with Gasteiger partial charge >= 0.3 is 0 Å². The fourth-order valence-electron chi connectivity index (χ4n) is 2.25. The van der Waals surface area contributed by atoms with Crippen LogP contribution in [0.3, 0.4) is 0 Å². The van der Waals surface area contributed by atoms with Crippen LogP contribution in [-0.4, -0.2) is 13.7 Å². The third-order valence-electron chi connectivity index (χ3n) is 3.14. The molecule has 0 aromatic heterocycles. The lowest BCUT2D eigenvalue weighted by Gasteiger charge is -2.21. The Bertz CT molecular complexity index is 636. The van der Waals surface area contributed by atoms with Crippen molar-refractivity contribution in [2.45, 2.75) is 13.0 Å². The molecule has 0 aliphatic rings. The first kappa shape index (κ1) is 16.3. The number of benzene rings is 2. The molecule has 0 heterocycles. The van der Waals surface area contributed by atoms with Gasteiger partial charge in [-0.15, -0.1) is 0 Å². The molecule has 0 saturated carbocycles. The topological polar surface area (TPSA) is 21.3 Å². The van der Waals surface area contributed by atoms with Crippen molar-refractivity contribution in [3.63, 3.8) is 0 Å². The lowest BCUT2D eigenvalue weighted by molar-refractivity contribution is 0.333. The summed E-state index contributed by atoms with van der Waals surface area (Å²) in [5.41, 5.74) is 1.35. The molecule has 2 nitrogen and oxygen atoms in total. The molecule has 0 aliphatic carbocycles. The zero-order valence-corrected chi connectivity index (χ0v) is 14.1. The molecule has 2 aromatic carbocycles. The van der Waals surface area contributed by atoms with Crippen molar-refractivity contribution in [3.05, 3.63) is 62.8 Å². The normalized spacial score (nSPS) is 12.2. The second-order valence-corrected chi connectivity index (χ2v) is 5.85. The summed E-state index contributed by atoms with van der Waals surface area (Å²) in [7, 11) is 1.78. The summed E-state index contributed by atoms with van der Waals surface area (Å²) in [6, 6.07) is 9.90. The van der Waals surface area contributed by atoms with E-state index < -0.39 is 0 Å². The van der Waals surface area contributed by atoms with E-state index in [1.165, 1.54) is 12.1 Å². The molecule has 1 unspecified atom stereocenters. The van der Waals surface area contributed by atoms with Gasteiger partial charge in [0.15, 0.2) is 0 Å². The lowest BCUT2D eigenvalue weighted by Crippen LogP contribution is -2.20. The van der Waals surface area contributed by atoms with Crippen molar-refractivity contribution in [1.29, 1.82) is 0 Å². The lowest BCUT2D eigenvalue weighted by atomic mass is 9.97. The smallest absolute Gasteiger partial charge is 0.128 e. The van der Waals surface area contributed by atoms with Gasteiger partial charge in [0, 0.05) is 20.6 Å². The number of nitrogens with one attached hydrogen (secondary N) is 1. The highest BCUT2D eigenvalue weighted by atomic mass is 79.9. The fraction of sp³-hybridized carbons (Fsp3) is 0.250. The number of rotatable bonds is 5. The molecule has 0 aliphatic heterocycles. The third-order valence-corrected chi connectivity index (χ3v) is 3.87. The van der Waals surface area contributed by atoms with E-state index in [0.29, 0.717) is 17.2 Å². The molecule has 0 radical (unpaired) electrons. The maximum Gasteiger partial charge on any atom is 0.128 e. The van der Waals surface area contributed by atoms with E-state index in [0.717, 1.165) is 15.8 Å². The van der Waals surface area contributed by atoms with Gasteiger partial charge in [0.25, 0.3) is 0 Å². The quantitative estimate of drug-likeness (QED) is 0.802. The highest BCUT2D eigenvalue weighted by molar-refractivity contribution is 9.10. The van der Waals surface area contributed by atoms with Crippen LogP contribution in [0, 0.1) is 5.82 Å². The molecule has 0 bridgehead atoms. The summed E-state index contributed by atoms with van der Waals surface area (Å²) >= 11 is 9.45. The van der Waals surface area contributed by atoms with Crippen LogP contribution in [0.5, 0.6) is 5.75 Å². The Morgan fingerprint density at radius 3 is 2.67 bits per heavy atom. The monoisotopic (exact) mass is 371 g/mol. The standard InChI is InChI=1S/C16H16BrClFNO/c1-3-21-15-7-4-10(17)8-13(15)16(20-2)12-9-11(18)5-6-14(12)19/h4-9,16,20H,3H2,1-2H3. The van der Waals surface area contributed by atoms with E-state index in [2.05, 4.69) is 21.2 Å². The number of hydrogen-bond acceptors (Lipinski definition) is 2. The molecular weight excluding hydrogens is 357 g/mol. The van der Waals surface area contributed by atoms with Crippen molar-refractivity contribution < 1.29 is 9.13 Å². The molecule has 1 N–H and O–H groups in total. The number of ether oxygens (including phenoxy) is 1. The van der Waals surface area contributed by atoms with Crippen molar-refractivity contribution in [2.75, 3.05) is 13.7 Å². The summed E-state index contributed by atoms with van der Waals surface area (Å²) in [4.78, 5) is 0. The highest BCUT2D eigenvalue weighted by Gasteiger charge is 2.20. The molecule has 112 valence electrons. The highest BCUT2D eigenvalue weighted by Crippen LogP contribution is 2.34. The van der Waals surface area contributed by atoms with Crippen LogP contribution in [0.4, 0.5) is 4.39 Å². The van der Waals surface area contributed by atoms with E-state index in [9.17, 15) is 4.39 Å². The molecule has 0 fully saturated rings. The summed E-state index contributed by atoms with van der Waals surface area (Å²) in [5, 5.41) is 3.63. The minimum absolute atomic E-state index is 0.304. The third kappa shape index (κ3) is 3.76. The zero-order valence-electron chi connectivity index (χ0n) is 11.8. The molecule has 5 heteroatoms. The maximum absolute atomic E-state index is 14.2. The van der Waals surface area contributed by atoms with Gasteiger partial charge in [-0.25, -0.2) is 4.39 Å². The molecule has 2 aromatic rings. The van der Waals surface area contributed by atoms with Crippen LogP contribution in [-0.2, 0) is 0 Å². The van der Waals surface area contributed by atoms with Crippen molar-refractivity contribution in [3.8, 4) is 5.75 Å². The second kappa shape index (κ2) is 7.25. The van der Waals surface area contributed by atoms with Gasteiger partial charge < -0.3 is 10.1 Å². The van der Waals surface area contributed by atoms with Crippen LogP contribution < -0.4 is 10.1 Å². The van der Waals surface area contributed by atoms with Gasteiger partial charge in [-0.05, 0) is 50.4 Å². The van der Waals surface area contributed by atoms with Gasteiger partial charge in [0.05, 0.1) is 12.6 Å². The fourth-order valence-corrected chi connectivity index (χ4v) is 2.81. The van der Waals surface area contributed by atoms with Crippen LogP contribution >= 0.6 is 27.5 Å². The number of halogens is 3. The first-order valence-corrected chi connectivity index (χ1v) is 7.78. The zero-order chi connectivity index (χ0) is 15.4. The molecule has 1 atom stereocenters. The second-order valence-electron chi connectivity index (χ2n) is 4.50. The van der Waals surface area contributed by atoms with E-state index in [1.54, 1.807) is 13.1 Å². The predicted molar refractivity (Wildman–Crippen MR) is 87.6 cm³/mol. The van der Waals surface area contributed by atoms with E-state index in [1.807, 2.05) is 25.1 Å². The summed E-state index contributed by atoms with van der Waals surface area (Å²) in [6.07, 6.45) is 0. The minimum atomic E-state index is -0.345. The first-order valence-electron chi connectivity index (χ1n) is 6.61. The van der Waals surface area contributed by atoms with Gasteiger partial charge in [-0.2, -0.15) is 0 Å². The average Bonchev–Trinajstić information content (AvgIpc) is 2.46. The Balaban J connectivity index is 2.55. The SMILES string of the molecule is CCOc1ccc(Br)cc1C(NC)c1cc(Cl)ccc1F. The molecule has 0 saturated heterocycles. The predicted octanol–water partition coefficient (Wildman–Crippen LogP) is 4.95. The molecule has 0 spiro atoms. The Labute approximate surface area is 137 Å². The summed E-state index contributed by atoms with van der Waals surface area (Å²) in [5.74, 6) is 0.417. The van der Waals surface area contributed by atoms with Crippen LogP contribution in [0.2, 0.25) is 5.02 Å². The average molecular weight is 373 g/mol. The molecule has 0 amide bonds. The van der Waals surface area contributed by atoms with E-state index >= 15 is 0 Å². The van der Waals surface area contributed by atoms with Gasteiger partial charge in [0.2, 0.25) is 0 Å². The van der Waals surface area contributed by atoms with Crippen molar-refractivity contribution in [2.24, 2.45) is 0 Å². The Hall–Kier alpha value is -1.10.